The van der Waals surface area contributed by atoms with Crippen LogP contribution in [0.25, 0.3) is 11.1 Å². The predicted molar refractivity (Wildman–Crippen MR) is 175 cm³/mol. The van der Waals surface area contributed by atoms with Crippen molar-refractivity contribution in [2.24, 2.45) is 0 Å². The lowest BCUT2D eigenvalue weighted by Gasteiger charge is -2.28. The second-order valence-corrected chi connectivity index (χ2v) is 12.6. The van der Waals surface area contributed by atoms with Gasteiger partial charge < -0.3 is 30.6 Å². The molecule has 45 heavy (non-hydrogen) atoms. The van der Waals surface area contributed by atoms with Crippen molar-refractivity contribution in [1.29, 1.82) is 0 Å². The molecule has 0 unspecified atom stereocenters. The number of hydrogen-bond donors (Lipinski definition) is 4. The van der Waals surface area contributed by atoms with Crippen LogP contribution in [0, 0.1) is 0 Å². The van der Waals surface area contributed by atoms with E-state index in [0.717, 1.165) is 32.8 Å². The average Bonchev–Trinajstić information content (AvgIpc) is 3.54. The van der Waals surface area contributed by atoms with Gasteiger partial charge in [-0.1, -0.05) is 60.7 Å². The molecule has 4 aromatic rings. The van der Waals surface area contributed by atoms with Crippen LogP contribution in [-0.4, -0.2) is 47.2 Å². The SMILES string of the molecule is CNC(=O)NCc1ccccc1-c1ccc(CN2C(=O)[C@H](NC(=O)CC(C)(C)NCc3cnco3)CSc3ccccc32)cc1. The van der Waals surface area contributed by atoms with Crippen LogP contribution < -0.4 is 26.2 Å². The molecule has 0 saturated heterocycles. The van der Waals surface area contributed by atoms with Gasteiger partial charge in [0.15, 0.2) is 6.39 Å². The Morgan fingerprint density at radius 2 is 1.78 bits per heavy atom. The molecule has 1 aliphatic rings. The van der Waals surface area contributed by atoms with Gasteiger partial charge in [-0.05, 0) is 48.2 Å². The third kappa shape index (κ3) is 8.31. The number of oxazole rings is 1. The Labute approximate surface area is 267 Å². The van der Waals surface area contributed by atoms with Crippen molar-refractivity contribution in [3.05, 3.63) is 102 Å². The Hall–Kier alpha value is -4.61. The molecule has 3 aromatic carbocycles. The van der Waals surface area contributed by atoms with Crippen LogP contribution in [0.15, 0.2) is 94.7 Å². The summed E-state index contributed by atoms with van der Waals surface area (Å²) in [6.07, 6.45) is 3.19. The van der Waals surface area contributed by atoms with Gasteiger partial charge in [-0.3, -0.25) is 9.59 Å². The zero-order chi connectivity index (χ0) is 31.8. The summed E-state index contributed by atoms with van der Waals surface area (Å²) in [6, 6.07) is 23.0. The second-order valence-electron chi connectivity index (χ2n) is 11.5. The molecule has 11 heteroatoms. The van der Waals surface area contributed by atoms with E-state index in [1.54, 1.807) is 29.9 Å². The van der Waals surface area contributed by atoms with Gasteiger partial charge in [-0.2, -0.15) is 0 Å². The van der Waals surface area contributed by atoms with Crippen molar-refractivity contribution in [1.82, 2.24) is 26.3 Å². The molecule has 234 valence electrons. The molecule has 0 saturated carbocycles. The van der Waals surface area contributed by atoms with E-state index in [2.05, 4.69) is 26.3 Å². The van der Waals surface area contributed by atoms with Crippen molar-refractivity contribution in [2.75, 3.05) is 17.7 Å². The van der Waals surface area contributed by atoms with E-state index >= 15 is 0 Å². The Morgan fingerprint density at radius 1 is 1.02 bits per heavy atom. The molecule has 1 aliphatic heterocycles. The summed E-state index contributed by atoms with van der Waals surface area (Å²) in [5, 5.41) is 11.8. The normalized spacial score (nSPS) is 14.8. The Morgan fingerprint density at radius 3 is 2.53 bits per heavy atom. The number of aromatic nitrogens is 1. The number of urea groups is 1. The van der Waals surface area contributed by atoms with Gasteiger partial charge in [0.1, 0.15) is 11.8 Å². The molecule has 0 bridgehead atoms. The fourth-order valence-electron chi connectivity index (χ4n) is 5.18. The lowest BCUT2D eigenvalue weighted by atomic mass is 9.98. The molecule has 4 amide bonds. The summed E-state index contributed by atoms with van der Waals surface area (Å²) in [5.41, 5.74) is 4.28. The molecular weight excluding hydrogens is 588 g/mol. The number of hydrogen-bond acceptors (Lipinski definition) is 7. The fraction of sp³-hybridized carbons (Fsp3) is 0.294. The highest BCUT2D eigenvalue weighted by Crippen LogP contribution is 2.35. The molecule has 0 aliphatic carbocycles. The highest BCUT2D eigenvalue weighted by atomic mass is 32.2. The Kier molecular flexibility index (Phi) is 10.2. The maximum atomic E-state index is 14.0. The van der Waals surface area contributed by atoms with Gasteiger partial charge >= 0.3 is 6.03 Å². The first-order valence-corrected chi connectivity index (χ1v) is 15.8. The first-order valence-electron chi connectivity index (χ1n) is 14.8. The minimum Gasteiger partial charge on any atom is -0.447 e. The fourth-order valence-corrected chi connectivity index (χ4v) is 6.25. The van der Waals surface area contributed by atoms with E-state index < -0.39 is 11.6 Å². The topological polar surface area (TPSA) is 129 Å². The number of amides is 4. The van der Waals surface area contributed by atoms with E-state index in [9.17, 15) is 14.4 Å². The number of carbonyl (C=O) groups is 3. The van der Waals surface area contributed by atoms with Crippen LogP contribution in [-0.2, 0) is 29.2 Å². The number of carbonyl (C=O) groups excluding carboxylic acids is 3. The van der Waals surface area contributed by atoms with E-state index in [-0.39, 0.29) is 24.3 Å². The number of rotatable bonds is 11. The molecule has 10 nitrogen and oxygen atoms in total. The number of benzene rings is 3. The number of fused-ring (bicyclic) bond motifs is 1. The van der Waals surface area contributed by atoms with Crippen molar-refractivity contribution in [3.8, 4) is 11.1 Å². The summed E-state index contributed by atoms with van der Waals surface area (Å²) in [4.78, 5) is 45.6. The smallest absolute Gasteiger partial charge is 0.314 e. The van der Waals surface area contributed by atoms with Gasteiger partial charge in [0, 0.05) is 36.2 Å². The summed E-state index contributed by atoms with van der Waals surface area (Å²) in [7, 11) is 1.59. The molecule has 0 fully saturated rings. The van der Waals surface area contributed by atoms with Crippen LogP contribution in [0.5, 0.6) is 0 Å². The first-order chi connectivity index (χ1) is 21.7. The highest BCUT2D eigenvalue weighted by Gasteiger charge is 2.33. The molecule has 0 radical (unpaired) electrons. The number of thioether (sulfide) groups is 1. The minimum absolute atomic E-state index is 0.150. The Balaban J connectivity index is 1.29. The van der Waals surface area contributed by atoms with Crippen molar-refractivity contribution < 1.29 is 18.8 Å². The van der Waals surface area contributed by atoms with Crippen LogP contribution >= 0.6 is 11.8 Å². The van der Waals surface area contributed by atoms with Crippen molar-refractivity contribution in [3.63, 3.8) is 0 Å². The van der Waals surface area contributed by atoms with Gasteiger partial charge in [0.2, 0.25) is 5.91 Å². The maximum Gasteiger partial charge on any atom is 0.314 e. The second kappa shape index (κ2) is 14.4. The molecule has 5 rings (SSSR count). The number of nitrogens with zero attached hydrogens (tertiary/aromatic N) is 2. The van der Waals surface area contributed by atoms with Crippen molar-refractivity contribution in [2.45, 2.75) is 56.4 Å². The summed E-state index contributed by atoms with van der Waals surface area (Å²) in [6.45, 7) is 5.08. The number of anilines is 1. The zero-order valence-corrected chi connectivity index (χ0v) is 26.4. The Bertz CT molecular complexity index is 1620. The molecule has 1 atom stereocenters. The standard InChI is InChI=1S/C34H38N6O4S/c1-34(2,38-19-26-18-36-22-44-26)16-31(41)39-28-21-45-30-11-7-6-10-29(30)40(32(28)42)20-23-12-14-24(15-13-23)27-9-5-4-8-25(27)17-37-33(43)35-3/h4-15,18,22,28,38H,16-17,19-21H2,1-3H3,(H,39,41)(H2,35,37,43)/t28-/m1/s1. The lowest BCUT2D eigenvalue weighted by molar-refractivity contribution is -0.127. The molecule has 0 spiro atoms. The van der Waals surface area contributed by atoms with Crippen LogP contribution in [0.4, 0.5) is 10.5 Å². The first kappa shape index (κ1) is 31.8. The average molecular weight is 627 g/mol. The maximum absolute atomic E-state index is 14.0. The van der Waals surface area contributed by atoms with Gasteiger partial charge in [0.05, 0.1) is 25.0 Å². The third-order valence-electron chi connectivity index (χ3n) is 7.58. The summed E-state index contributed by atoms with van der Waals surface area (Å²) < 4.78 is 5.29. The van der Waals surface area contributed by atoms with E-state index in [4.69, 9.17) is 4.42 Å². The van der Waals surface area contributed by atoms with Crippen molar-refractivity contribution >= 4 is 35.3 Å². The lowest BCUT2D eigenvalue weighted by Crippen LogP contribution is -2.51. The van der Waals surface area contributed by atoms with E-state index in [1.165, 1.54) is 6.39 Å². The minimum atomic E-state index is -0.682. The highest BCUT2D eigenvalue weighted by molar-refractivity contribution is 7.99. The monoisotopic (exact) mass is 626 g/mol. The third-order valence-corrected chi connectivity index (χ3v) is 8.73. The summed E-state index contributed by atoms with van der Waals surface area (Å²) in [5.74, 6) is 0.762. The molecule has 4 N–H and O–H groups in total. The van der Waals surface area contributed by atoms with Gasteiger partial charge in [0.25, 0.3) is 5.91 Å². The van der Waals surface area contributed by atoms with Crippen LogP contribution in [0.1, 0.15) is 37.2 Å². The number of para-hydroxylation sites is 1. The quantitative estimate of drug-likeness (QED) is 0.187. The molecule has 1 aromatic heterocycles. The van der Waals surface area contributed by atoms with Crippen LogP contribution in [0.3, 0.4) is 0 Å². The largest absolute Gasteiger partial charge is 0.447 e. The van der Waals surface area contributed by atoms with Gasteiger partial charge in [-0.25, -0.2) is 9.78 Å². The molecule has 2 heterocycles. The molecular formula is C34H38N6O4S. The number of nitrogens with one attached hydrogen (secondary N) is 4. The predicted octanol–water partition coefficient (Wildman–Crippen LogP) is 4.85. The van der Waals surface area contributed by atoms with E-state index in [0.29, 0.717) is 31.1 Å². The van der Waals surface area contributed by atoms with Crippen LogP contribution in [0.2, 0.25) is 0 Å². The summed E-state index contributed by atoms with van der Waals surface area (Å²) >= 11 is 1.57. The zero-order valence-electron chi connectivity index (χ0n) is 25.6. The van der Waals surface area contributed by atoms with Gasteiger partial charge in [-0.15, -0.1) is 11.8 Å². The van der Waals surface area contributed by atoms with E-state index in [1.807, 2.05) is 86.6 Å².